The number of pyridine rings is 2. The molecule has 106 valence electrons. The Bertz CT molecular complexity index is 536. The lowest BCUT2D eigenvalue weighted by Crippen LogP contribution is -2.23. The van der Waals surface area contributed by atoms with Crippen molar-refractivity contribution >= 4 is 0 Å². The number of nitrogens with two attached hydrogens (primary N) is 1. The van der Waals surface area contributed by atoms with Crippen LogP contribution in [0, 0.1) is 6.92 Å². The summed E-state index contributed by atoms with van der Waals surface area (Å²) in [5.41, 5.74) is 9.88. The third-order valence-electron chi connectivity index (χ3n) is 3.29. The summed E-state index contributed by atoms with van der Waals surface area (Å²) in [7, 11) is 0. The van der Waals surface area contributed by atoms with Gasteiger partial charge in [-0.3, -0.25) is 14.9 Å². The van der Waals surface area contributed by atoms with Gasteiger partial charge in [0.15, 0.2) is 0 Å². The van der Waals surface area contributed by atoms with Crippen LogP contribution in [0.15, 0.2) is 36.5 Å². The lowest BCUT2D eigenvalue weighted by Gasteiger charge is -2.19. The summed E-state index contributed by atoms with van der Waals surface area (Å²) in [6.45, 7) is 7.36. The van der Waals surface area contributed by atoms with Crippen LogP contribution in [0.4, 0.5) is 0 Å². The molecule has 0 unspecified atom stereocenters. The van der Waals surface area contributed by atoms with Crippen molar-refractivity contribution < 1.29 is 0 Å². The third-order valence-corrected chi connectivity index (χ3v) is 3.29. The Morgan fingerprint density at radius 1 is 1.10 bits per heavy atom. The third kappa shape index (κ3) is 4.11. The van der Waals surface area contributed by atoms with Gasteiger partial charge >= 0.3 is 0 Å². The highest BCUT2D eigenvalue weighted by atomic mass is 15.1. The highest BCUT2D eigenvalue weighted by Crippen LogP contribution is 2.08. The molecule has 2 aromatic rings. The van der Waals surface area contributed by atoms with Crippen molar-refractivity contribution in [3.05, 3.63) is 59.2 Å². The second-order valence-corrected chi connectivity index (χ2v) is 4.94. The molecule has 2 heterocycles. The van der Waals surface area contributed by atoms with Crippen LogP contribution in [0.1, 0.15) is 29.6 Å². The summed E-state index contributed by atoms with van der Waals surface area (Å²) in [6.07, 6.45) is 1.86. The van der Waals surface area contributed by atoms with Crippen LogP contribution in [-0.4, -0.2) is 21.4 Å². The van der Waals surface area contributed by atoms with Gasteiger partial charge in [0.2, 0.25) is 0 Å². The molecular weight excluding hydrogens is 248 g/mol. The van der Waals surface area contributed by atoms with Gasteiger partial charge in [0.25, 0.3) is 0 Å². The summed E-state index contributed by atoms with van der Waals surface area (Å²) in [5, 5.41) is 0. The van der Waals surface area contributed by atoms with Crippen LogP contribution >= 0.6 is 0 Å². The Balaban J connectivity index is 2.01. The van der Waals surface area contributed by atoms with Gasteiger partial charge in [0.05, 0.1) is 11.4 Å². The van der Waals surface area contributed by atoms with Crippen LogP contribution in [0.2, 0.25) is 0 Å². The lowest BCUT2D eigenvalue weighted by molar-refractivity contribution is 0.265. The first kappa shape index (κ1) is 14.6. The molecule has 4 nitrogen and oxygen atoms in total. The minimum atomic E-state index is 0.540. The highest BCUT2D eigenvalue weighted by Gasteiger charge is 2.07. The van der Waals surface area contributed by atoms with Gasteiger partial charge in [0.1, 0.15) is 0 Å². The molecule has 0 fully saturated rings. The minimum Gasteiger partial charge on any atom is -0.326 e. The normalized spacial score (nSPS) is 11.0. The van der Waals surface area contributed by atoms with Gasteiger partial charge in [0, 0.05) is 31.5 Å². The fourth-order valence-corrected chi connectivity index (χ4v) is 2.09. The van der Waals surface area contributed by atoms with Crippen molar-refractivity contribution in [3.8, 4) is 0 Å². The minimum absolute atomic E-state index is 0.540. The molecule has 0 amide bonds. The molecule has 0 aromatic carbocycles. The van der Waals surface area contributed by atoms with E-state index in [0.29, 0.717) is 6.54 Å². The fourth-order valence-electron chi connectivity index (χ4n) is 2.09. The van der Waals surface area contributed by atoms with Crippen LogP contribution in [0.3, 0.4) is 0 Å². The molecule has 2 N–H and O–H groups in total. The molecule has 2 rings (SSSR count). The van der Waals surface area contributed by atoms with Crippen LogP contribution in [0.25, 0.3) is 0 Å². The SMILES string of the molecule is CCN(Cc1ccc(CN)cn1)Cc1cccc(C)n1. The van der Waals surface area contributed by atoms with Gasteiger partial charge in [-0.15, -0.1) is 0 Å². The maximum absolute atomic E-state index is 5.58. The van der Waals surface area contributed by atoms with Crippen LogP contribution in [0.5, 0.6) is 0 Å². The van der Waals surface area contributed by atoms with Gasteiger partial charge < -0.3 is 5.73 Å². The van der Waals surface area contributed by atoms with E-state index in [1.54, 1.807) is 0 Å². The second kappa shape index (κ2) is 7.12. The van der Waals surface area contributed by atoms with E-state index in [1.165, 1.54) is 0 Å². The summed E-state index contributed by atoms with van der Waals surface area (Å²) >= 11 is 0. The smallest absolute Gasteiger partial charge is 0.0547 e. The number of hydrogen-bond acceptors (Lipinski definition) is 4. The first-order chi connectivity index (χ1) is 9.71. The Morgan fingerprint density at radius 2 is 1.90 bits per heavy atom. The monoisotopic (exact) mass is 270 g/mol. The maximum atomic E-state index is 5.58. The summed E-state index contributed by atoms with van der Waals surface area (Å²) in [4.78, 5) is 11.3. The molecule has 0 saturated heterocycles. The average Bonchev–Trinajstić information content (AvgIpc) is 2.47. The molecule has 0 spiro atoms. The molecule has 0 radical (unpaired) electrons. The van der Waals surface area contributed by atoms with E-state index >= 15 is 0 Å². The second-order valence-electron chi connectivity index (χ2n) is 4.94. The molecule has 0 aliphatic rings. The number of aryl methyl sites for hydroxylation is 1. The highest BCUT2D eigenvalue weighted by molar-refractivity contribution is 5.14. The Morgan fingerprint density at radius 3 is 2.50 bits per heavy atom. The zero-order valence-electron chi connectivity index (χ0n) is 12.2. The number of rotatable bonds is 6. The predicted octanol–water partition coefficient (Wildman–Crippen LogP) is 2.27. The molecule has 4 heteroatoms. The van der Waals surface area contributed by atoms with Crippen molar-refractivity contribution in [2.45, 2.75) is 33.5 Å². The van der Waals surface area contributed by atoms with E-state index in [9.17, 15) is 0 Å². The standard InChI is InChI=1S/C16H22N4/c1-3-20(12-16-6-4-5-13(2)19-16)11-15-8-7-14(9-17)10-18-15/h4-8,10H,3,9,11-12,17H2,1-2H3. The van der Waals surface area contributed by atoms with Crippen LogP contribution < -0.4 is 5.73 Å². The number of nitrogens with zero attached hydrogens (tertiary/aromatic N) is 3. The van der Waals surface area contributed by atoms with E-state index < -0.39 is 0 Å². The summed E-state index contributed by atoms with van der Waals surface area (Å²) in [6, 6.07) is 10.2. The van der Waals surface area contributed by atoms with Crippen molar-refractivity contribution in [1.29, 1.82) is 0 Å². The van der Waals surface area contributed by atoms with E-state index in [1.807, 2.05) is 25.3 Å². The predicted molar refractivity (Wildman–Crippen MR) is 80.9 cm³/mol. The molecule has 2 aromatic heterocycles. The quantitative estimate of drug-likeness (QED) is 0.875. The van der Waals surface area contributed by atoms with Crippen molar-refractivity contribution in [3.63, 3.8) is 0 Å². The zero-order valence-corrected chi connectivity index (χ0v) is 12.2. The van der Waals surface area contributed by atoms with E-state index in [4.69, 9.17) is 5.73 Å². The van der Waals surface area contributed by atoms with Gasteiger partial charge in [-0.2, -0.15) is 0 Å². The topological polar surface area (TPSA) is 55.0 Å². The molecule has 0 aliphatic carbocycles. The first-order valence-electron chi connectivity index (χ1n) is 7.00. The van der Waals surface area contributed by atoms with E-state index in [-0.39, 0.29) is 0 Å². The molecule has 20 heavy (non-hydrogen) atoms. The molecular formula is C16H22N4. The van der Waals surface area contributed by atoms with Crippen molar-refractivity contribution in [2.75, 3.05) is 6.54 Å². The number of aromatic nitrogens is 2. The Kier molecular flexibility index (Phi) is 5.21. The molecule has 0 saturated carbocycles. The van der Waals surface area contributed by atoms with Crippen molar-refractivity contribution in [1.82, 2.24) is 14.9 Å². The van der Waals surface area contributed by atoms with Gasteiger partial charge in [-0.05, 0) is 37.2 Å². The van der Waals surface area contributed by atoms with Gasteiger partial charge in [-0.1, -0.05) is 19.1 Å². The molecule has 0 atom stereocenters. The van der Waals surface area contributed by atoms with E-state index in [2.05, 4.69) is 40.0 Å². The summed E-state index contributed by atoms with van der Waals surface area (Å²) in [5.74, 6) is 0. The maximum Gasteiger partial charge on any atom is 0.0547 e. The van der Waals surface area contributed by atoms with Crippen LogP contribution in [-0.2, 0) is 19.6 Å². The summed E-state index contributed by atoms with van der Waals surface area (Å²) < 4.78 is 0. The zero-order chi connectivity index (χ0) is 14.4. The fraction of sp³-hybridized carbons (Fsp3) is 0.375. The number of hydrogen-bond donors (Lipinski definition) is 1. The van der Waals surface area contributed by atoms with Gasteiger partial charge in [-0.25, -0.2) is 0 Å². The first-order valence-corrected chi connectivity index (χ1v) is 7.00. The largest absolute Gasteiger partial charge is 0.326 e. The lowest BCUT2D eigenvalue weighted by atomic mass is 10.2. The molecule has 0 aliphatic heterocycles. The Hall–Kier alpha value is -1.78. The Labute approximate surface area is 120 Å². The average molecular weight is 270 g/mol. The van der Waals surface area contributed by atoms with Crippen molar-refractivity contribution in [2.24, 2.45) is 5.73 Å². The van der Waals surface area contributed by atoms with E-state index in [0.717, 1.165) is 42.3 Å². The molecule has 0 bridgehead atoms.